The van der Waals surface area contributed by atoms with Gasteiger partial charge in [-0.25, -0.2) is 0 Å². The highest BCUT2D eigenvalue weighted by Gasteiger charge is 2.49. The third-order valence-corrected chi connectivity index (χ3v) is 7.09. The Labute approximate surface area is 173 Å². The van der Waals surface area contributed by atoms with Crippen LogP contribution in [-0.4, -0.2) is 76.5 Å². The van der Waals surface area contributed by atoms with E-state index in [-0.39, 0.29) is 23.9 Å². The lowest BCUT2D eigenvalue weighted by atomic mass is 9.89. The molecule has 2 bridgehead atoms. The smallest absolute Gasteiger partial charge is 0.308 e. The summed E-state index contributed by atoms with van der Waals surface area (Å²) < 4.78 is 0. The van der Waals surface area contributed by atoms with Gasteiger partial charge in [-0.1, -0.05) is 38.1 Å². The van der Waals surface area contributed by atoms with E-state index in [1.54, 1.807) is 0 Å². The van der Waals surface area contributed by atoms with Crippen molar-refractivity contribution in [1.82, 2.24) is 14.7 Å². The number of nitrogens with zero attached hydrogens (tertiary/aromatic N) is 3. The number of piperazine rings is 1. The first-order valence-electron chi connectivity index (χ1n) is 11.0. The molecule has 0 spiro atoms. The largest absolute Gasteiger partial charge is 0.481 e. The molecule has 1 aromatic carbocycles. The molecule has 0 aromatic heterocycles. The molecular formula is C23H33N3O3. The van der Waals surface area contributed by atoms with E-state index in [9.17, 15) is 14.7 Å². The summed E-state index contributed by atoms with van der Waals surface area (Å²) in [5.41, 5.74) is 2.69. The van der Waals surface area contributed by atoms with Gasteiger partial charge < -0.3 is 10.0 Å². The van der Waals surface area contributed by atoms with Crippen LogP contribution in [0.15, 0.2) is 24.3 Å². The number of aliphatic carboxylic acids is 1. The fraction of sp³-hybridized carbons (Fsp3) is 0.652. The number of amides is 1. The van der Waals surface area contributed by atoms with Gasteiger partial charge in [0.05, 0.1) is 12.5 Å². The minimum atomic E-state index is -0.704. The summed E-state index contributed by atoms with van der Waals surface area (Å²) >= 11 is 0. The first-order chi connectivity index (χ1) is 13.9. The number of rotatable bonds is 6. The van der Waals surface area contributed by atoms with Crippen molar-refractivity contribution in [3.63, 3.8) is 0 Å². The molecule has 6 heteroatoms. The molecule has 3 aliphatic heterocycles. The second kappa shape index (κ2) is 8.44. The lowest BCUT2D eigenvalue weighted by Crippen LogP contribution is -2.51. The third kappa shape index (κ3) is 4.33. The van der Waals surface area contributed by atoms with Gasteiger partial charge in [0.2, 0.25) is 5.91 Å². The molecular weight excluding hydrogens is 366 g/mol. The standard InChI is InChI=1S/C23H33N3O3/c1-16(2)18-5-3-17(4-6-18)14-24-9-11-25(12-10-24)22(27)15-26-19-7-8-21(26)20(13-19)23(28)29/h3-6,16,19-21H,7-15H2,1-2H3,(H,28,29). The second-order valence-electron chi connectivity index (χ2n) is 9.20. The fourth-order valence-electron chi connectivity index (χ4n) is 5.29. The van der Waals surface area contributed by atoms with E-state index in [2.05, 4.69) is 47.9 Å². The van der Waals surface area contributed by atoms with Crippen LogP contribution < -0.4 is 0 Å². The van der Waals surface area contributed by atoms with Gasteiger partial charge in [0.15, 0.2) is 0 Å². The van der Waals surface area contributed by atoms with E-state index >= 15 is 0 Å². The highest BCUT2D eigenvalue weighted by atomic mass is 16.4. The molecule has 3 aliphatic rings. The zero-order valence-electron chi connectivity index (χ0n) is 17.6. The Hall–Kier alpha value is -1.92. The summed E-state index contributed by atoms with van der Waals surface area (Å²) in [5.74, 6) is -0.283. The number of hydrogen-bond acceptors (Lipinski definition) is 4. The number of fused-ring (bicyclic) bond motifs is 2. The molecule has 3 unspecified atom stereocenters. The monoisotopic (exact) mass is 399 g/mol. The summed E-state index contributed by atoms with van der Waals surface area (Å²) in [6.07, 6.45) is 2.65. The average molecular weight is 400 g/mol. The van der Waals surface area contributed by atoms with Crippen molar-refractivity contribution in [2.24, 2.45) is 5.92 Å². The maximum absolute atomic E-state index is 12.8. The molecule has 0 radical (unpaired) electrons. The van der Waals surface area contributed by atoms with Crippen LogP contribution in [0.4, 0.5) is 0 Å². The van der Waals surface area contributed by atoms with E-state index < -0.39 is 5.97 Å². The van der Waals surface area contributed by atoms with E-state index in [4.69, 9.17) is 0 Å². The van der Waals surface area contributed by atoms with E-state index in [1.807, 2.05) is 4.90 Å². The van der Waals surface area contributed by atoms with Crippen LogP contribution >= 0.6 is 0 Å². The number of hydrogen-bond donors (Lipinski definition) is 1. The van der Waals surface area contributed by atoms with Crippen LogP contribution in [0.25, 0.3) is 0 Å². The molecule has 1 amide bonds. The molecule has 158 valence electrons. The Morgan fingerprint density at radius 1 is 1.07 bits per heavy atom. The summed E-state index contributed by atoms with van der Waals surface area (Å²) in [6, 6.07) is 9.20. The van der Waals surface area contributed by atoms with Crippen LogP contribution in [0, 0.1) is 5.92 Å². The summed E-state index contributed by atoms with van der Waals surface area (Å²) in [7, 11) is 0. The summed E-state index contributed by atoms with van der Waals surface area (Å²) in [5, 5.41) is 9.40. The Kier molecular flexibility index (Phi) is 5.93. The van der Waals surface area contributed by atoms with Crippen LogP contribution in [0.2, 0.25) is 0 Å². The molecule has 1 aromatic rings. The van der Waals surface area contributed by atoms with Gasteiger partial charge in [-0.2, -0.15) is 0 Å². The molecule has 3 saturated heterocycles. The number of carboxylic acids is 1. The average Bonchev–Trinajstić information content (AvgIpc) is 3.26. The Morgan fingerprint density at radius 2 is 1.76 bits per heavy atom. The molecule has 3 heterocycles. The molecule has 4 rings (SSSR count). The Bertz CT molecular complexity index is 740. The first-order valence-corrected chi connectivity index (χ1v) is 11.0. The highest BCUT2D eigenvalue weighted by Crippen LogP contribution is 2.41. The van der Waals surface area contributed by atoms with Gasteiger partial charge in [-0.05, 0) is 36.3 Å². The molecule has 29 heavy (non-hydrogen) atoms. The quantitative estimate of drug-likeness (QED) is 0.796. The SMILES string of the molecule is CC(C)c1ccc(CN2CCN(C(=O)CN3C4CCC3C(C(=O)O)C4)CC2)cc1. The van der Waals surface area contributed by atoms with Crippen molar-refractivity contribution in [3.05, 3.63) is 35.4 Å². The number of benzene rings is 1. The van der Waals surface area contributed by atoms with Crippen molar-refractivity contribution >= 4 is 11.9 Å². The normalized spacial score (nSPS) is 27.7. The topological polar surface area (TPSA) is 64.1 Å². The third-order valence-electron chi connectivity index (χ3n) is 7.09. The van der Waals surface area contributed by atoms with Crippen molar-refractivity contribution in [3.8, 4) is 0 Å². The maximum atomic E-state index is 12.8. The zero-order chi connectivity index (χ0) is 20.5. The molecule has 0 aliphatic carbocycles. The van der Waals surface area contributed by atoms with Crippen LogP contribution in [0.5, 0.6) is 0 Å². The number of carbonyl (C=O) groups is 2. The second-order valence-corrected chi connectivity index (χ2v) is 9.20. The predicted molar refractivity (Wildman–Crippen MR) is 112 cm³/mol. The van der Waals surface area contributed by atoms with Gasteiger partial charge in [0.1, 0.15) is 0 Å². The van der Waals surface area contributed by atoms with E-state index in [0.717, 1.165) is 45.6 Å². The van der Waals surface area contributed by atoms with Crippen LogP contribution in [0.1, 0.15) is 50.2 Å². The summed E-state index contributed by atoms with van der Waals surface area (Å²) in [4.78, 5) is 30.8. The lowest BCUT2D eigenvalue weighted by Gasteiger charge is -2.36. The molecule has 3 fully saturated rings. The van der Waals surface area contributed by atoms with Gasteiger partial charge >= 0.3 is 5.97 Å². The number of carbonyl (C=O) groups excluding carboxylic acids is 1. The Balaban J connectivity index is 1.25. The predicted octanol–water partition coefficient (Wildman–Crippen LogP) is 2.39. The lowest BCUT2D eigenvalue weighted by molar-refractivity contribution is -0.143. The molecule has 0 saturated carbocycles. The molecule has 6 nitrogen and oxygen atoms in total. The van der Waals surface area contributed by atoms with Gasteiger partial charge in [0, 0.05) is 44.8 Å². The minimum absolute atomic E-state index is 0.0524. The van der Waals surface area contributed by atoms with Gasteiger partial charge in [-0.15, -0.1) is 0 Å². The van der Waals surface area contributed by atoms with Gasteiger partial charge in [-0.3, -0.25) is 19.4 Å². The zero-order valence-corrected chi connectivity index (χ0v) is 17.6. The Morgan fingerprint density at radius 3 is 2.34 bits per heavy atom. The number of carboxylic acid groups (broad SMARTS) is 1. The van der Waals surface area contributed by atoms with Gasteiger partial charge in [0.25, 0.3) is 0 Å². The first kappa shape index (κ1) is 20.4. The maximum Gasteiger partial charge on any atom is 0.308 e. The fourth-order valence-corrected chi connectivity index (χ4v) is 5.29. The summed E-state index contributed by atoms with van der Waals surface area (Å²) in [6.45, 7) is 9.03. The van der Waals surface area contributed by atoms with Crippen molar-refractivity contribution < 1.29 is 14.7 Å². The highest BCUT2D eigenvalue weighted by molar-refractivity contribution is 5.79. The van der Waals surface area contributed by atoms with Crippen LogP contribution in [-0.2, 0) is 16.1 Å². The van der Waals surface area contributed by atoms with E-state index in [1.165, 1.54) is 11.1 Å². The minimum Gasteiger partial charge on any atom is -0.481 e. The van der Waals surface area contributed by atoms with Crippen molar-refractivity contribution in [2.45, 2.75) is 57.7 Å². The molecule has 3 atom stereocenters. The van der Waals surface area contributed by atoms with E-state index in [0.29, 0.717) is 18.9 Å². The van der Waals surface area contributed by atoms with Crippen LogP contribution in [0.3, 0.4) is 0 Å². The van der Waals surface area contributed by atoms with Crippen molar-refractivity contribution in [2.75, 3.05) is 32.7 Å². The van der Waals surface area contributed by atoms with Crippen molar-refractivity contribution in [1.29, 1.82) is 0 Å². The molecule has 1 N–H and O–H groups in total.